The number of ether oxygens (including phenoxy) is 1. The van der Waals surface area contributed by atoms with E-state index in [1.165, 1.54) is 16.9 Å². The first-order valence-corrected chi connectivity index (χ1v) is 8.80. The maximum atomic E-state index is 12.7. The molecule has 5 atom stereocenters. The second kappa shape index (κ2) is 4.54. The van der Waals surface area contributed by atoms with Crippen molar-refractivity contribution in [3.63, 3.8) is 0 Å². The molecule has 5 nitrogen and oxygen atoms in total. The molecule has 1 saturated heterocycles. The minimum Gasteiger partial charge on any atom is -0.462 e. The van der Waals surface area contributed by atoms with Crippen molar-refractivity contribution in [3.05, 3.63) is 23.8 Å². The molecule has 1 aromatic heterocycles. The molecular formula is C17H16N2O3S. The lowest BCUT2D eigenvalue weighted by molar-refractivity contribution is -0.145. The smallest absolute Gasteiger partial charge is 0.310 e. The Morgan fingerprint density at radius 2 is 2.26 bits per heavy atom. The van der Waals surface area contributed by atoms with E-state index in [1.807, 2.05) is 19.1 Å². The Balaban J connectivity index is 1.41. The van der Waals surface area contributed by atoms with Gasteiger partial charge in [0.15, 0.2) is 5.13 Å². The highest BCUT2D eigenvalue weighted by atomic mass is 32.1. The van der Waals surface area contributed by atoms with Crippen LogP contribution < -0.4 is 5.32 Å². The van der Waals surface area contributed by atoms with Crippen LogP contribution >= 0.6 is 11.3 Å². The van der Waals surface area contributed by atoms with E-state index in [1.54, 1.807) is 0 Å². The molecule has 23 heavy (non-hydrogen) atoms. The minimum absolute atomic E-state index is 0.0620. The molecule has 6 heteroatoms. The van der Waals surface area contributed by atoms with Crippen LogP contribution in [0, 0.1) is 30.6 Å². The predicted octanol–water partition coefficient (Wildman–Crippen LogP) is 2.74. The van der Waals surface area contributed by atoms with Crippen LogP contribution in [-0.2, 0) is 14.3 Å². The van der Waals surface area contributed by atoms with E-state index in [2.05, 4.69) is 16.4 Å². The van der Waals surface area contributed by atoms with Crippen molar-refractivity contribution in [2.45, 2.75) is 25.9 Å². The van der Waals surface area contributed by atoms with Gasteiger partial charge >= 0.3 is 5.97 Å². The SMILES string of the molecule is Cc1ccc2nc(NC(=O)C3C4CC5OC(=O)C3C5C4)sc2c1. The molecule has 2 aromatic rings. The normalized spacial score (nSPS) is 34.1. The fourth-order valence-corrected chi connectivity index (χ4v) is 5.60. The molecule has 0 radical (unpaired) electrons. The summed E-state index contributed by atoms with van der Waals surface area (Å²) in [6.07, 6.45) is 1.84. The third-order valence-electron chi connectivity index (χ3n) is 5.56. The van der Waals surface area contributed by atoms with Crippen LogP contribution in [0.1, 0.15) is 18.4 Å². The van der Waals surface area contributed by atoms with E-state index in [-0.39, 0.29) is 41.7 Å². The predicted molar refractivity (Wildman–Crippen MR) is 86.1 cm³/mol. The molecular weight excluding hydrogens is 312 g/mol. The summed E-state index contributed by atoms with van der Waals surface area (Å²) >= 11 is 1.48. The molecule has 1 aromatic carbocycles. The molecule has 3 aliphatic rings. The molecule has 2 aliphatic carbocycles. The molecule has 2 bridgehead atoms. The monoisotopic (exact) mass is 328 g/mol. The number of hydrogen-bond acceptors (Lipinski definition) is 5. The summed E-state index contributed by atoms with van der Waals surface area (Å²) in [6.45, 7) is 2.04. The number of amides is 1. The van der Waals surface area contributed by atoms with Gasteiger partial charge in [0, 0.05) is 5.92 Å². The van der Waals surface area contributed by atoms with Gasteiger partial charge in [-0.1, -0.05) is 17.4 Å². The minimum atomic E-state index is -0.250. The number of hydrogen-bond donors (Lipinski definition) is 1. The second-order valence-corrected chi connectivity index (χ2v) is 7.93. The van der Waals surface area contributed by atoms with Crippen LogP contribution in [-0.4, -0.2) is 23.0 Å². The number of carbonyl (C=O) groups excluding carboxylic acids is 2. The van der Waals surface area contributed by atoms with Gasteiger partial charge in [-0.25, -0.2) is 4.98 Å². The second-order valence-electron chi connectivity index (χ2n) is 6.90. The molecule has 2 heterocycles. The van der Waals surface area contributed by atoms with E-state index in [9.17, 15) is 9.59 Å². The maximum Gasteiger partial charge on any atom is 0.310 e. The van der Waals surface area contributed by atoms with Gasteiger partial charge in [0.25, 0.3) is 0 Å². The first-order valence-electron chi connectivity index (χ1n) is 7.99. The molecule has 2 saturated carbocycles. The largest absolute Gasteiger partial charge is 0.462 e. The van der Waals surface area contributed by atoms with Crippen molar-refractivity contribution < 1.29 is 14.3 Å². The van der Waals surface area contributed by atoms with Crippen LogP contribution in [0.2, 0.25) is 0 Å². The fraction of sp³-hybridized carbons (Fsp3) is 0.471. The number of nitrogens with zero attached hydrogens (tertiary/aromatic N) is 1. The number of aryl methyl sites for hydroxylation is 1. The number of thiazole rings is 1. The van der Waals surface area contributed by atoms with Gasteiger partial charge in [-0.05, 0) is 43.4 Å². The summed E-state index contributed by atoms with van der Waals surface area (Å²) in [5.74, 6) is -0.217. The van der Waals surface area contributed by atoms with Crippen LogP contribution in [0.25, 0.3) is 10.2 Å². The van der Waals surface area contributed by atoms with Gasteiger partial charge in [0.1, 0.15) is 6.10 Å². The third kappa shape index (κ3) is 1.87. The van der Waals surface area contributed by atoms with E-state index < -0.39 is 0 Å². The number of carbonyl (C=O) groups is 2. The Bertz CT molecular complexity index is 843. The number of nitrogens with one attached hydrogen (secondary N) is 1. The standard InChI is InChI=1S/C17H16N2O3S/c1-7-2-3-10-12(4-7)23-17(18-10)19-15(20)13-8-5-9-11(6-8)22-16(21)14(9)13/h2-4,8-9,11,13-14H,5-6H2,1H3,(H,18,19,20). The number of benzene rings is 1. The van der Waals surface area contributed by atoms with Crippen LogP contribution in [0.15, 0.2) is 18.2 Å². The Labute approximate surface area is 137 Å². The highest BCUT2D eigenvalue weighted by molar-refractivity contribution is 7.22. The molecule has 1 aliphatic heterocycles. The summed E-state index contributed by atoms with van der Waals surface area (Å²) in [5.41, 5.74) is 2.07. The lowest BCUT2D eigenvalue weighted by Gasteiger charge is -2.22. The van der Waals surface area contributed by atoms with E-state index in [0.717, 1.165) is 23.1 Å². The van der Waals surface area contributed by atoms with Gasteiger partial charge in [-0.2, -0.15) is 0 Å². The van der Waals surface area contributed by atoms with Crippen molar-refractivity contribution in [1.29, 1.82) is 0 Å². The zero-order valence-corrected chi connectivity index (χ0v) is 13.4. The van der Waals surface area contributed by atoms with Gasteiger partial charge in [0.05, 0.1) is 22.1 Å². The highest BCUT2D eigenvalue weighted by Crippen LogP contribution is 2.57. The van der Waals surface area contributed by atoms with E-state index in [0.29, 0.717) is 5.13 Å². The summed E-state index contributed by atoms with van der Waals surface area (Å²) in [4.78, 5) is 29.2. The van der Waals surface area contributed by atoms with Crippen molar-refractivity contribution in [3.8, 4) is 0 Å². The third-order valence-corrected chi connectivity index (χ3v) is 6.49. The molecule has 118 valence electrons. The lowest BCUT2D eigenvalue weighted by Crippen LogP contribution is -2.35. The lowest BCUT2D eigenvalue weighted by atomic mass is 9.79. The number of esters is 1. The molecule has 5 unspecified atom stereocenters. The van der Waals surface area contributed by atoms with Gasteiger partial charge in [0.2, 0.25) is 5.91 Å². The number of anilines is 1. The Morgan fingerprint density at radius 3 is 3.13 bits per heavy atom. The first-order chi connectivity index (χ1) is 11.1. The fourth-order valence-electron chi connectivity index (χ4n) is 4.64. The first kappa shape index (κ1) is 13.5. The number of fused-ring (bicyclic) bond motifs is 2. The average Bonchev–Trinajstić information content (AvgIpc) is 3.19. The summed E-state index contributed by atoms with van der Waals surface area (Å²) in [5, 5.41) is 3.55. The zero-order chi connectivity index (χ0) is 15.7. The molecule has 5 rings (SSSR count). The van der Waals surface area contributed by atoms with Crippen molar-refractivity contribution in [2.75, 3.05) is 5.32 Å². The number of rotatable bonds is 2. The zero-order valence-electron chi connectivity index (χ0n) is 12.6. The maximum absolute atomic E-state index is 12.7. The van der Waals surface area contributed by atoms with Gasteiger partial charge in [-0.15, -0.1) is 0 Å². The van der Waals surface area contributed by atoms with E-state index >= 15 is 0 Å². The average molecular weight is 328 g/mol. The van der Waals surface area contributed by atoms with Crippen LogP contribution in [0.3, 0.4) is 0 Å². The van der Waals surface area contributed by atoms with Crippen LogP contribution in [0.5, 0.6) is 0 Å². The van der Waals surface area contributed by atoms with Gasteiger partial charge < -0.3 is 10.1 Å². The van der Waals surface area contributed by atoms with Gasteiger partial charge in [-0.3, -0.25) is 9.59 Å². The Kier molecular flexibility index (Phi) is 2.66. The van der Waals surface area contributed by atoms with Crippen molar-refractivity contribution in [2.24, 2.45) is 23.7 Å². The molecule has 3 fully saturated rings. The molecule has 1 amide bonds. The highest BCUT2D eigenvalue weighted by Gasteiger charge is 2.63. The van der Waals surface area contributed by atoms with E-state index in [4.69, 9.17) is 4.74 Å². The van der Waals surface area contributed by atoms with Crippen molar-refractivity contribution >= 4 is 38.6 Å². The van der Waals surface area contributed by atoms with Crippen LogP contribution in [0.4, 0.5) is 5.13 Å². The summed E-state index contributed by atoms with van der Waals surface area (Å²) < 4.78 is 6.46. The topological polar surface area (TPSA) is 68.3 Å². The molecule has 1 N–H and O–H groups in total. The summed E-state index contributed by atoms with van der Waals surface area (Å²) in [7, 11) is 0. The van der Waals surface area contributed by atoms with Crippen molar-refractivity contribution in [1.82, 2.24) is 4.98 Å². The Morgan fingerprint density at radius 1 is 1.39 bits per heavy atom. The summed E-state index contributed by atoms with van der Waals surface area (Å²) in [6, 6.07) is 6.05. The Hall–Kier alpha value is -1.95. The number of aromatic nitrogens is 1. The quantitative estimate of drug-likeness (QED) is 0.861. The molecule has 0 spiro atoms.